The predicted molar refractivity (Wildman–Crippen MR) is 127 cm³/mol. The van der Waals surface area contributed by atoms with Gasteiger partial charge >= 0.3 is 5.97 Å². The first-order valence-corrected chi connectivity index (χ1v) is 12.3. The SMILES string of the molecule is CC(=O)N1CC[C@H](N(c2cc(C#CC(C)(C)C)sc2C(=O)O)C(=O)[C@H]2CC[C@@H](C)CC2)C1. The molecule has 2 fully saturated rings. The molecule has 1 aromatic heterocycles. The molecule has 1 saturated carbocycles. The Hall–Kier alpha value is -2.33. The Morgan fingerprint density at radius 3 is 2.34 bits per heavy atom. The number of carbonyl (C=O) groups excluding carboxylic acids is 2. The van der Waals surface area contributed by atoms with Crippen molar-refractivity contribution in [1.82, 2.24) is 4.90 Å². The molecular formula is C25H34N2O4S. The number of hydrogen-bond donors (Lipinski definition) is 1. The summed E-state index contributed by atoms with van der Waals surface area (Å²) in [5.41, 5.74) is 0.217. The van der Waals surface area contributed by atoms with Gasteiger partial charge in [0, 0.05) is 31.3 Å². The molecule has 1 N–H and O–H groups in total. The van der Waals surface area contributed by atoms with Crippen molar-refractivity contribution >= 4 is 34.8 Å². The molecule has 6 nitrogen and oxygen atoms in total. The van der Waals surface area contributed by atoms with Crippen LogP contribution in [0.3, 0.4) is 0 Å². The number of carboxylic acids is 1. The molecule has 7 heteroatoms. The lowest BCUT2D eigenvalue weighted by Gasteiger charge is -2.34. The number of thiophene rings is 1. The fourth-order valence-corrected chi connectivity index (χ4v) is 5.30. The van der Waals surface area contributed by atoms with E-state index in [2.05, 4.69) is 18.8 Å². The topological polar surface area (TPSA) is 77.9 Å². The third-order valence-corrected chi connectivity index (χ3v) is 7.33. The van der Waals surface area contributed by atoms with Gasteiger partial charge in [-0.1, -0.05) is 18.8 Å². The molecule has 0 spiro atoms. The summed E-state index contributed by atoms with van der Waals surface area (Å²) in [6.45, 7) is 10.8. The first-order chi connectivity index (χ1) is 15.0. The molecular weight excluding hydrogens is 424 g/mol. The molecule has 0 radical (unpaired) electrons. The van der Waals surface area contributed by atoms with Crippen LogP contribution in [0.15, 0.2) is 6.07 Å². The van der Waals surface area contributed by atoms with Gasteiger partial charge in [-0.3, -0.25) is 9.59 Å². The van der Waals surface area contributed by atoms with Gasteiger partial charge in [0.2, 0.25) is 11.8 Å². The molecule has 1 atom stereocenters. The van der Waals surface area contributed by atoms with Crippen molar-refractivity contribution in [3.8, 4) is 11.8 Å². The zero-order valence-corrected chi connectivity index (χ0v) is 20.6. The minimum absolute atomic E-state index is 0.0112. The van der Waals surface area contributed by atoms with Gasteiger partial charge in [0.1, 0.15) is 4.88 Å². The maximum atomic E-state index is 13.8. The van der Waals surface area contributed by atoms with Gasteiger partial charge in [0.25, 0.3) is 0 Å². The Morgan fingerprint density at radius 2 is 1.81 bits per heavy atom. The van der Waals surface area contributed by atoms with Gasteiger partial charge in [-0.15, -0.1) is 11.3 Å². The molecule has 2 heterocycles. The van der Waals surface area contributed by atoms with E-state index in [-0.39, 0.29) is 34.1 Å². The van der Waals surface area contributed by atoms with Crippen LogP contribution in [0.25, 0.3) is 0 Å². The molecule has 32 heavy (non-hydrogen) atoms. The lowest BCUT2D eigenvalue weighted by molar-refractivity contribution is -0.128. The molecule has 3 rings (SSSR count). The van der Waals surface area contributed by atoms with E-state index >= 15 is 0 Å². The second-order valence-electron chi connectivity index (χ2n) is 10.2. The molecule has 1 aliphatic carbocycles. The minimum atomic E-state index is -1.05. The first-order valence-electron chi connectivity index (χ1n) is 11.4. The van der Waals surface area contributed by atoms with Crippen LogP contribution in [0.2, 0.25) is 0 Å². The van der Waals surface area contributed by atoms with Crippen molar-refractivity contribution in [2.45, 2.75) is 72.8 Å². The lowest BCUT2D eigenvalue weighted by atomic mass is 9.82. The number of carboxylic acid groups (broad SMARTS) is 1. The van der Waals surface area contributed by atoms with Crippen LogP contribution in [-0.2, 0) is 9.59 Å². The molecule has 0 bridgehead atoms. The van der Waals surface area contributed by atoms with E-state index in [1.54, 1.807) is 15.9 Å². The average molecular weight is 459 g/mol. The van der Waals surface area contributed by atoms with Gasteiger partial charge in [-0.2, -0.15) is 0 Å². The summed E-state index contributed by atoms with van der Waals surface area (Å²) in [5.74, 6) is 5.68. The van der Waals surface area contributed by atoms with Gasteiger partial charge in [-0.05, 0) is 64.9 Å². The second kappa shape index (κ2) is 9.66. The van der Waals surface area contributed by atoms with Gasteiger partial charge < -0.3 is 14.9 Å². The fraction of sp³-hybridized carbons (Fsp3) is 0.640. The molecule has 0 aromatic carbocycles. The summed E-state index contributed by atoms with van der Waals surface area (Å²) < 4.78 is 0. The van der Waals surface area contributed by atoms with Crippen LogP contribution in [0, 0.1) is 29.1 Å². The van der Waals surface area contributed by atoms with Gasteiger partial charge in [0.15, 0.2) is 0 Å². The zero-order chi connectivity index (χ0) is 23.6. The Balaban J connectivity index is 2.01. The standard InChI is InChI=1S/C25H34N2O4S/c1-16-6-8-18(9-7-16)23(29)27(19-11-13-26(15-19)17(2)28)21-14-20(10-12-25(3,4)5)32-22(21)24(30)31/h14,16,18-19H,6-9,11,13,15H2,1-5H3,(H,30,31)/t16-,18+,19-/m0/s1. The maximum absolute atomic E-state index is 13.8. The van der Waals surface area contributed by atoms with E-state index < -0.39 is 5.97 Å². The normalized spacial score (nSPS) is 23.4. The molecule has 1 aliphatic heterocycles. The average Bonchev–Trinajstić information content (AvgIpc) is 3.35. The summed E-state index contributed by atoms with van der Waals surface area (Å²) in [7, 11) is 0. The second-order valence-corrected chi connectivity index (χ2v) is 11.3. The van der Waals surface area contributed by atoms with Crippen LogP contribution >= 0.6 is 11.3 Å². The number of nitrogens with zero attached hydrogens (tertiary/aromatic N) is 2. The molecule has 1 aromatic rings. The first kappa shape index (κ1) is 24.3. The minimum Gasteiger partial charge on any atom is -0.477 e. The van der Waals surface area contributed by atoms with Crippen molar-refractivity contribution in [2.24, 2.45) is 17.3 Å². The van der Waals surface area contributed by atoms with Crippen molar-refractivity contribution in [2.75, 3.05) is 18.0 Å². The summed E-state index contributed by atoms with van der Waals surface area (Å²) in [5, 5.41) is 9.93. The number of aromatic carboxylic acids is 1. The summed E-state index contributed by atoms with van der Waals surface area (Å²) >= 11 is 1.12. The van der Waals surface area contributed by atoms with E-state index in [0.717, 1.165) is 37.0 Å². The number of amides is 2. The quantitative estimate of drug-likeness (QED) is 0.668. The fourth-order valence-electron chi connectivity index (χ4n) is 4.46. The van der Waals surface area contributed by atoms with Crippen molar-refractivity contribution in [1.29, 1.82) is 0 Å². The highest BCUT2D eigenvalue weighted by molar-refractivity contribution is 7.15. The van der Waals surface area contributed by atoms with Crippen molar-refractivity contribution < 1.29 is 19.5 Å². The van der Waals surface area contributed by atoms with Crippen LogP contribution in [0.4, 0.5) is 5.69 Å². The molecule has 174 valence electrons. The smallest absolute Gasteiger partial charge is 0.348 e. The Kier molecular flexibility index (Phi) is 7.34. The number of hydrogen-bond acceptors (Lipinski definition) is 4. The van der Waals surface area contributed by atoms with E-state index in [1.807, 2.05) is 20.8 Å². The summed E-state index contributed by atoms with van der Waals surface area (Å²) in [4.78, 5) is 42.0. The number of rotatable bonds is 4. The van der Waals surface area contributed by atoms with Crippen molar-refractivity contribution in [3.05, 3.63) is 15.8 Å². The van der Waals surface area contributed by atoms with Gasteiger partial charge in [0.05, 0.1) is 16.6 Å². The van der Waals surface area contributed by atoms with Crippen LogP contribution in [0.1, 0.15) is 81.3 Å². The lowest BCUT2D eigenvalue weighted by Crippen LogP contribution is -2.46. The maximum Gasteiger partial charge on any atom is 0.348 e. The molecule has 2 aliphatic rings. The number of anilines is 1. The Morgan fingerprint density at radius 1 is 1.16 bits per heavy atom. The van der Waals surface area contributed by atoms with Gasteiger partial charge in [-0.25, -0.2) is 4.79 Å². The summed E-state index contributed by atoms with van der Waals surface area (Å²) in [6, 6.07) is 1.54. The third-order valence-electron chi connectivity index (χ3n) is 6.30. The molecule has 1 saturated heterocycles. The highest BCUT2D eigenvalue weighted by Gasteiger charge is 2.39. The van der Waals surface area contributed by atoms with E-state index in [1.165, 1.54) is 6.92 Å². The third kappa shape index (κ3) is 5.72. The number of carbonyl (C=O) groups is 3. The Bertz CT molecular complexity index is 941. The van der Waals surface area contributed by atoms with E-state index in [9.17, 15) is 19.5 Å². The Labute approximate surface area is 195 Å². The molecule has 2 amide bonds. The van der Waals surface area contributed by atoms with E-state index in [0.29, 0.717) is 36.0 Å². The van der Waals surface area contributed by atoms with Crippen LogP contribution in [-0.4, -0.2) is 46.9 Å². The van der Waals surface area contributed by atoms with Crippen LogP contribution in [0.5, 0.6) is 0 Å². The number of likely N-dealkylation sites (tertiary alicyclic amines) is 1. The monoisotopic (exact) mass is 458 g/mol. The zero-order valence-electron chi connectivity index (χ0n) is 19.7. The molecule has 0 unspecified atom stereocenters. The van der Waals surface area contributed by atoms with Crippen molar-refractivity contribution in [3.63, 3.8) is 0 Å². The predicted octanol–water partition coefficient (Wildman–Crippen LogP) is 4.62. The van der Waals surface area contributed by atoms with E-state index in [4.69, 9.17) is 0 Å². The highest BCUT2D eigenvalue weighted by Crippen LogP contribution is 2.37. The van der Waals surface area contributed by atoms with Crippen LogP contribution < -0.4 is 4.90 Å². The largest absolute Gasteiger partial charge is 0.477 e. The summed E-state index contributed by atoms with van der Waals surface area (Å²) in [6.07, 6.45) is 4.30. The highest BCUT2D eigenvalue weighted by atomic mass is 32.1.